The Balaban J connectivity index is 2.55. The summed E-state index contributed by atoms with van der Waals surface area (Å²) in [4.78, 5) is 4.47. The second-order valence-corrected chi connectivity index (χ2v) is 4.83. The number of benzene rings is 2. The summed E-state index contributed by atoms with van der Waals surface area (Å²) in [7, 11) is 0. The third-order valence-electron chi connectivity index (χ3n) is 3.20. The Bertz CT molecular complexity index is 726. The van der Waals surface area contributed by atoms with Gasteiger partial charge in [-0.3, -0.25) is 4.98 Å². The number of nitrogens with zero attached hydrogens (tertiary/aromatic N) is 1. The molecule has 0 aliphatic carbocycles. The molecule has 0 saturated heterocycles. The highest BCUT2D eigenvalue weighted by Crippen LogP contribution is 2.29. The molecule has 0 aliphatic rings. The van der Waals surface area contributed by atoms with Crippen LogP contribution in [0, 0.1) is 0 Å². The number of hydrogen-bond donors (Lipinski definition) is 2. The lowest BCUT2D eigenvalue weighted by molar-refractivity contribution is 0.525. The van der Waals surface area contributed by atoms with Crippen LogP contribution in [0.2, 0.25) is 0 Å². The van der Waals surface area contributed by atoms with Crippen molar-refractivity contribution in [3.05, 3.63) is 54.2 Å². The van der Waals surface area contributed by atoms with Crippen LogP contribution in [0.5, 0.6) is 0 Å². The van der Waals surface area contributed by atoms with Gasteiger partial charge in [-0.1, -0.05) is 36.4 Å². The van der Waals surface area contributed by atoms with E-state index in [1.54, 1.807) is 0 Å². The van der Waals surface area contributed by atoms with Crippen LogP contribution in [0.3, 0.4) is 0 Å². The summed E-state index contributed by atoms with van der Waals surface area (Å²) in [5, 5.41) is 3.28. The van der Waals surface area contributed by atoms with Crippen LogP contribution in [-0.4, -0.2) is 4.98 Å². The van der Waals surface area contributed by atoms with E-state index in [-0.39, 0.29) is 0 Å². The minimum Gasteiger partial charge on any atom is -0.310 e. The Morgan fingerprint density at radius 1 is 1.00 bits per heavy atom. The van der Waals surface area contributed by atoms with Crippen LogP contribution in [0.15, 0.2) is 48.7 Å². The first-order valence-corrected chi connectivity index (χ1v) is 5.92. The van der Waals surface area contributed by atoms with Gasteiger partial charge in [-0.05, 0) is 23.9 Å². The molecule has 2 aromatic carbocycles. The van der Waals surface area contributed by atoms with Crippen molar-refractivity contribution in [2.24, 2.45) is 11.5 Å². The van der Waals surface area contributed by atoms with Crippen molar-refractivity contribution in [2.75, 3.05) is 0 Å². The molecular weight excluding hydrogens is 222 g/mol. The van der Waals surface area contributed by atoms with Crippen LogP contribution in [0.25, 0.3) is 21.7 Å². The van der Waals surface area contributed by atoms with Crippen LogP contribution in [-0.2, 0) is 5.66 Å². The summed E-state index contributed by atoms with van der Waals surface area (Å²) in [6.07, 6.45) is 1.88. The lowest BCUT2D eigenvalue weighted by Crippen LogP contribution is -2.42. The van der Waals surface area contributed by atoms with E-state index in [1.807, 2.05) is 49.5 Å². The van der Waals surface area contributed by atoms with Crippen molar-refractivity contribution in [3.8, 4) is 0 Å². The maximum absolute atomic E-state index is 6.06. The number of pyridine rings is 1. The number of fused-ring (bicyclic) bond motifs is 3. The van der Waals surface area contributed by atoms with E-state index in [9.17, 15) is 0 Å². The van der Waals surface area contributed by atoms with Gasteiger partial charge in [0.1, 0.15) is 0 Å². The molecule has 0 unspecified atom stereocenters. The second-order valence-electron chi connectivity index (χ2n) is 4.83. The SMILES string of the molecule is CC(N)(N)c1cccc2ncc3ccccc3c12. The Morgan fingerprint density at radius 2 is 1.78 bits per heavy atom. The fourth-order valence-corrected chi connectivity index (χ4v) is 2.36. The van der Waals surface area contributed by atoms with E-state index in [0.717, 1.165) is 27.2 Å². The monoisotopic (exact) mass is 237 g/mol. The summed E-state index contributed by atoms with van der Waals surface area (Å²) >= 11 is 0. The van der Waals surface area contributed by atoms with Gasteiger partial charge in [-0.2, -0.15) is 0 Å². The lowest BCUT2D eigenvalue weighted by Gasteiger charge is -2.21. The van der Waals surface area contributed by atoms with Gasteiger partial charge in [-0.15, -0.1) is 0 Å². The van der Waals surface area contributed by atoms with Gasteiger partial charge in [0.2, 0.25) is 0 Å². The second kappa shape index (κ2) is 3.77. The largest absolute Gasteiger partial charge is 0.310 e. The maximum Gasteiger partial charge on any atom is 0.0877 e. The molecule has 0 fully saturated rings. The van der Waals surface area contributed by atoms with Crippen molar-refractivity contribution < 1.29 is 0 Å². The average molecular weight is 237 g/mol. The zero-order chi connectivity index (χ0) is 12.8. The zero-order valence-electron chi connectivity index (χ0n) is 10.2. The van der Waals surface area contributed by atoms with Crippen LogP contribution < -0.4 is 11.5 Å². The van der Waals surface area contributed by atoms with E-state index >= 15 is 0 Å². The highest BCUT2D eigenvalue weighted by molar-refractivity contribution is 6.07. The number of aromatic nitrogens is 1. The Labute approximate surface area is 105 Å². The van der Waals surface area contributed by atoms with Gasteiger partial charge in [0, 0.05) is 17.0 Å². The van der Waals surface area contributed by atoms with Gasteiger partial charge in [0.05, 0.1) is 11.2 Å². The average Bonchev–Trinajstić information content (AvgIpc) is 2.36. The summed E-state index contributed by atoms with van der Waals surface area (Å²) < 4.78 is 0. The van der Waals surface area contributed by atoms with Gasteiger partial charge in [-0.25, -0.2) is 0 Å². The molecule has 3 heteroatoms. The Morgan fingerprint density at radius 3 is 2.56 bits per heavy atom. The molecule has 18 heavy (non-hydrogen) atoms. The molecule has 90 valence electrons. The fraction of sp³-hybridized carbons (Fsp3) is 0.133. The van der Waals surface area contributed by atoms with Crippen molar-refractivity contribution in [3.63, 3.8) is 0 Å². The summed E-state index contributed by atoms with van der Waals surface area (Å²) in [6.45, 7) is 1.81. The molecule has 0 spiro atoms. The van der Waals surface area contributed by atoms with Gasteiger partial charge < -0.3 is 11.5 Å². The molecule has 0 amide bonds. The van der Waals surface area contributed by atoms with E-state index in [0.29, 0.717) is 0 Å². The Kier molecular flexibility index (Phi) is 2.33. The highest BCUT2D eigenvalue weighted by Gasteiger charge is 2.19. The molecule has 3 aromatic rings. The molecule has 0 radical (unpaired) electrons. The normalized spacial score (nSPS) is 12.2. The molecular formula is C15H15N3. The van der Waals surface area contributed by atoms with Crippen LogP contribution >= 0.6 is 0 Å². The van der Waals surface area contributed by atoms with E-state index in [1.165, 1.54) is 0 Å². The molecule has 1 aromatic heterocycles. The Hall–Kier alpha value is -1.97. The van der Waals surface area contributed by atoms with Crippen molar-refractivity contribution in [2.45, 2.75) is 12.6 Å². The quantitative estimate of drug-likeness (QED) is 0.505. The minimum absolute atomic E-state index is 0.870. The van der Waals surface area contributed by atoms with Gasteiger partial charge in [0.25, 0.3) is 0 Å². The molecule has 0 aliphatic heterocycles. The van der Waals surface area contributed by atoms with E-state index in [4.69, 9.17) is 11.5 Å². The standard InChI is InChI=1S/C15H15N3/c1-15(16,17)12-7-4-8-13-14(12)11-6-3-2-5-10(11)9-18-13/h2-9H,16-17H2,1H3. The lowest BCUT2D eigenvalue weighted by atomic mass is 9.95. The van der Waals surface area contributed by atoms with Gasteiger partial charge in [0.15, 0.2) is 0 Å². The molecule has 0 atom stereocenters. The zero-order valence-corrected chi connectivity index (χ0v) is 10.2. The first kappa shape index (κ1) is 11.1. The molecule has 1 heterocycles. The number of nitrogens with two attached hydrogens (primary N) is 2. The molecule has 4 N–H and O–H groups in total. The minimum atomic E-state index is -0.870. The third kappa shape index (κ3) is 1.65. The molecule has 3 rings (SSSR count). The van der Waals surface area contributed by atoms with Gasteiger partial charge >= 0.3 is 0 Å². The molecule has 0 saturated carbocycles. The summed E-state index contributed by atoms with van der Waals surface area (Å²) in [6, 6.07) is 14.0. The van der Waals surface area contributed by atoms with Crippen LogP contribution in [0.1, 0.15) is 12.5 Å². The first-order valence-electron chi connectivity index (χ1n) is 5.92. The fourth-order valence-electron chi connectivity index (χ4n) is 2.36. The molecule has 3 nitrogen and oxygen atoms in total. The molecule has 0 bridgehead atoms. The van der Waals surface area contributed by atoms with E-state index in [2.05, 4.69) is 11.1 Å². The van der Waals surface area contributed by atoms with Crippen LogP contribution in [0.4, 0.5) is 0 Å². The van der Waals surface area contributed by atoms with Crippen molar-refractivity contribution in [1.82, 2.24) is 4.98 Å². The number of hydrogen-bond acceptors (Lipinski definition) is 3. The highest BCUT2D eigenvalue weighted by atomic mass is 14.9. The van der Waals surface area contributed by atoms with Crippen molar-refractivity contribution >= 4 is 21.7 Å². The summed E-state index contributed by atoms with van der Waals surface area (Å²) in [5.41, 5.74) is 13.1. The third-order valence-corrected chi connectivity index (χ3v) is 3.20. The smallest absolute Gasteiger partial charge is 0.0877 e. The van der Waals surface area contributed by atoms with E-state index < -0.39 is 5.66 Å². The predicted molar refractivity (Wildman–Crippen MR) is 75.0 cm³/mol. The predicted octanol–water partition coefficient (Wildman–Crippen LogP) is 2.48. The maximum atomic E-state index is 6.06. The van der Waals surface area contributed by atoms with Crippen molar-refractivity contribution in [1.29, 1.82) is 0 Å². The summed E-state index contributed by atoms with van der Waals surface area (Å²) in [5.74, 6) is 0. The topological polar surface area (TPSA) is 64.9 Å². The number of rotatable bonds is 1. The first-order chi connectivity index (χ1) is 8.57.